The average molecular weight is 328 g/mol. The molecule has 0 bridgehead atoms. The van der Waals surface area contributed by atoms with E-state index in [2.05, 4.69) is 26.6 Å². The highest BCUT2D eigenvalue weighted by molar-refractivity contribution is 9.10. The number of nitro groups is 1. The summed E-state index contributed by atoms with van der Waals surface area (Å²) in [4.78, 5) is 22.3. The molecule has 19 heavy (non-hydrogen) atoms. The number of non-ortho nitro benzene ring substituents is 1. The highest BCUT2D eigenvalue weighted by Crippen LogP contribution is 2.22. The van der Waals surface area contributed by atoms with Gasteiger partial charge in [0.05, 0.1) is 10.5 Å². The quantitative estimate of drug-likeness (QED) is 0.655. The van der Waals surface area contributed by atoms with Gasteiger partial charge >= 0.3 is 0 Å². The molecule has 1 aromatic carbocycles. The lowest BCUT2D eigenvalue weighted by Crippen LogP contribution is -2.45. The molecule has 6 nitrogen and oxygen atoms in total. The fraction of sp³-hybridized carbons (Fsp3) is 0.417. The van der Waals surface area contributed by atoms with Gasteiger partial charge < -0.3 is 10.6 Å². The molecule has 0 saturated carbocycles. The first kappa shape index (κ1) is 14.0. The molecule has 1 heterocycles. The first-order chi connectivity index (χ1) is 9.08. The zero-order chi connectivity index (χ0) is 13.8. The minimum absolute atomic E-state index is 0.0763. The summed E-state index contributed by atoms with van der Waals surface area (Å²) in [6.07, 6.45) is 1.94. The van der Waals surface area contributed by atoms with Gasteiger partial charge in [-0.25, -0.2) is 0 Å². The SMILES string of the molecule is O=C(NC1CCCNC1)c1cc([N+](=O)[O-])ccc1Br. The van der Waals surface area contributed by atoms with Crippen molar-refractivity contribution in [3.8, 4) is 0 Å². The number of halogens is 1. The van der Waals surface area contributed by atoms with Crippen LogP contribution in [0.2, 0.25) is 0 Å². The maximum Gasteiger partial charge on any atom is 0.270 e. The van der Waals surface area contributed by atoms with Gasteiger partial charge in [0, 0.05) is 29.2 Å². The Hall–Kier alpha value is -1.47. The van der Waals surface area contributed by atoms with Crippen molar-refractivity contribution < 1.29 is 9.72 Å². The van der Waals surface area contributed by atoms with Gasteiger partial charge in [-0.1, -0.05) is 0 Å². The van der Waals surface area contributed by atoms with Gasteiger partial charge in [0.2, 0.25) is 0 Å². The first-order valence-electron chi connectivity index (χ1n) is 6.03. The lowest BCUT2D eigenvalue weighted by atomic mass is 10.1. The normalized spacial score (nSPS) is 18.9. The number of carbonyl (C=O) groups excluding carboxylic acids is 1. The Morgan fingerprint density at radius 3 is 2.95 bits per heavy atom. The van der Waals surface area contributed by atoms with Gasteiger partial charge in [-0.3, -0.25) is 14.9 Å². The Labute approximate surface area is 118 Å². The second-order valence-corrected chi connectivity index (χ2v) is 5.29. The topological polar surface area (TPSA) is 84.3 Å². The molecule has 1 atom stereocenters. The van der Waals surface area contributed by atoms with Crippen molar-refractivity contribution in [2.24, 2.45) is 0 Å². The van der Waals surface area contributed by atoms with E-state index < -0.39 is 4.92 Å². The zero-order valence-corrected chi connectivity index (χ0v) is 11.8. The van der Waals surface area contributed by atoms with Crippen molar-refractivity contribution in [1.82, 2.24) is 10.6 Å². The summed E-state index contributed by atoms with van der Waals surface area (Å²) in [5.74, 6) is -0.288. The third-order valence-corrected chi connectivity index (χ3v) is 3.73. The highest BCUT2D eigenvalue weighted by atomic mass is 79.9. The summed E-state index contributed by atoms with van der Waals surface area (Å²) in [7, 11) is 0. The average Bonchev–Trinajstić information content (AvgIpc) is 2.40. The van der Waals surface area contributed by atoms with Crippen LogP contribution in [0.25, 0.3) is 0 Å². The van der Waals surface area contributed by atoms with Crippen molar-refractivity contribution in [1.29, 1.82) is 0 Å². The van der Waals surface area contributed by atoms with Gasteiger partial charge in [-0.05, 0) is 41.4 Å². The molecule has 0 aromatic heterocycles. The molecule has 0 aliphatic carbocycles. The Morgan fingerprint density at radius 1 is 1.53 bits per heavy atom. The standard InChI is InChI=1S/C12H14BrN3O3/c13-11-4-3-9(16(18)19)6-10(11)12(17)15-8-2-1-5-14-7-8/h3-4,6,8,14H,1-2,5,7H2,(H,15,17). The molecule has 7 heteroatoms. The Bertz CT molecular complexity index is 501. The van der Waals surface area contributed by atoms with E-state index in [1.807, 2.05) is 0 Å². The lowest BCUT2D eigenvalue weighted by molar-refractivity contribution is -0.384. The number of carbonyl (C=O) groups is 1. The van der Waals surface area contributed by atoms with E-state index in [1.54, 1.807) is 0 Å². The second kappa shape index (κ2) is 6.12. The predicted octanol–water partition coefficient (Wildman–Crippen LogP) is 1.84. The van der Waals surface area contributed by atoms with Gasteiger partial charge in [-0.2, -0.15) is 0 Å². The summed E-state index contributed by atoms with van der Waals surface area (Å²) < 4.78 is 0.555. The molecule has 1 aliphatic rings. The van der Waals surface area contributed by atoms with Gasteiger partial charge in [0.1, 0.15) is 0 Å². The van der Waals surface area contributed by atoms with Crippen molar-refractivity contribution in [2.45, 2.75) is 18.9 Å². The maximum absolute atomic E-state index is 12.1. The number of amides is 1. The molecule has 0 spiro atoms. The number of nitro benzene ring substituents is 1. The molecule has 1 aliphatic heterocycles. The van der Waals surface area contributed by atoms with Crippen molar-refractivity contribution >= 4 is 27.5 Å². The number of hydrogen-bond donors (Lipinski definition) is 2. The number of nitrogens with zero attached hydrogens (tertiary/aromatic N) is 1. The van der Waals surface area contributed by atoms with Crippen molar-refractivity contribution in [2.75, 3.05) is 13.1 Å². The van der Waals surface area contributed by atoms with Crippen LogP contribution in [0, 0.1) is 10.1 Å². The molecule has 1 fully saturated rings. The van der Waals surface area contributed by atoms with Crippen LogP contribution >= 0.6 is 15.9 Å². The molecule has 1 unspecified atom stereocenters. The van der Waals surface area contributed by atoms with Gasteiger partial charge in [0.15, 0.2) is 0 Å². The molecule has 1 saturated heterocycles. The van der Waals surface area contributed by atoms with Crippen LogP contribution in [0.5, 0.6) is 0 Å². The number of piperidine rings is 1. The van der Waals surface area contributed by atoms with Crippen LogP contribution in [-0.2, 0) is 0 Å². The van der Waals surface area contributed by atoms with E-state index in [0.717, 1.165) is 25.9 Å². The van der Waals surface area contributed by atoms with Crippen LogP contribution in [-0.4, -0.2) is 30.0 Å². The predicted molar refractivity (Wildman–Crippen MR) is 74.2 cm³/mol. The molecule has 2 N–H and O–H groups in total. The number of nitrogens with one attached hydrogen (secondary N) is 2. The Balaban J connectivity index is 2.13. The Morgan fingerprint density at radius 2 is 2.32 bits per heavy atom. The molecular formula is C12H14BrN3O3. The fourth-order valence-electron chi connectivity index (χ4n) is 2.04. The lowest BCUT2D eigenvalue weighted by Gasteiger charge is -2.23. The zero-order valence-electron chi connectivity index (χ0n) is 10.2. The minimum atomic E-state index is -0.509. The monoisotopic (exact) mass is 327 g/mol. The van der Waals surface area contributed by atoms with E-state index in [0.29, 0.717) is 10.0 Å². The van der Waals surface area contributed by atoms with Crippen LogP contribution in [0.3, 0.4) is 0 Å². The third kappa shape index (κ3) is 3.51. The van der Waals surface area contributed by atoms with E-state index in [4.69, 9.17) is 0 Å². The first-order valence-corrected chi connectivity index (χ1v) is 6.83. The van der Waals surface area contributed by atoms with Crippen LogP contribution in [0.1, 0.15) is 23.2 Å². The maximum atomic E-state index is 12.1. The van der Waals surface area contributed by atoms with E-state index in [1.165, 1.54) is 18.2 Å². The van der Waals surface area contributed by atoms with Crippen LogP contribution < -0.4 is 10.6 Å². The molecular weight excluding hydrogens is 314 g/mol. The van der Waals surface area contributed by atoms with Gasteiger partial charge in [0.25, 0.3) is 11.6 Å². The molecule has 1 amide bonds. The number of hydrogen-bond acceptors (Lipinski definition) is 4. The third-order valence-electron chi connectivity index (χ3n) is 3.04. The summed E-state index contributed by atoms with van der Waals surface area (Å²) in [6, 6.07) is 4.25. The fourth-order valence-corrected chi connectivity index (χ4v) is 2.47. The van der Waals surface area contributed by atoms with E-state index in [-0.39, 0.29) is 17.6 Å². The Kier molecular flexibility index (Phi) is 4.49. The second-order valence-electron chi connectivity index (χ2n) is 4.44. The molecule has 102 valence electrons. The van der Waals surface area contributed by atoms with Gasteiger partial charge in [-0.15, -0.1) is 0 Å². The smallest absolute Gasteiger partial charge is 0.270 e. The summed E-state index contributed by atoms with van der Waals surface area (Å²) in [5.41, 5.74) is 0.204. The van der Waals surface area contributed by atoms with E-state index >= 15 is 0 Å². The minimum Gasteiger partial charge on any atom is -0.348 e. The van der Waals surface area contributed by atoms with Crippen LogP contribution in [0.4, 0.5) is 5.69 Å². The van der Waals surface area contributed by atoms with Crippen LogP contribution in [0.15, 0.2) is 22.7 Å². The molecule has 2 rings (SSSR count). The summed E-state index contributed by atoms with van der Waals surface area (Å²) in [5, 5.41) is 16.8. The largest absolute Gasteiger partial charge is 0.348 e. The number of rotatable bonds is 3. The number of benzene rings is 1. The molecule has 1 aromatic rings. The summed E-state index contributed by atoms with van der Waals surface area (Å²) in [6.45, 7) is 1.70. The molecule has 0 radical (unpaired) electrons. The highest BCUT2D eigenvalue weighted by Gasteiger charge is 2.19. The van der Waals surface area contributed by atoms with E-state index in [9.17, 15) is 14.9 Å². The van der Waals surface area contributed by atoms with Crippen molar-refractivity contribution in [3.63, 3.8) is 0 Å². The summed E-state index contributed by atoms with van der Waals surface area (Å²) >= 11 is 3.25. The van der Waals surface area contributed by atoms with Crippen molar-refractivity contribution in [3.05, 3.63) is 38.3 Å².